The van der Waals surface area contributed by atoms with E-state index in [0.717, 1.165) is 49.4 Å². The van der Waals surface area contributed by atoms with Crippen LogP contribution in [0.2, 0.25) is 0 Å². The van der Waals surface area contributed by atoms with Crippen LogP contribution < -0.4 is 4.90 Å². The van der Waals surface area contributed by atoms with E-state index in [1.54, 1.807) is 0 Å². The summed E-state index contributed by atoms with van der Waals surface area (Å²) in [5, 5.41) is 22.1. The van der Waals surface area contributed by atoms with E-state index >= 15 is 0 Å². The van der Waals surface area contributed by atoms with Gasteiger partial charge in [-0.05, 0) is 36.6 Å². The van der Waals surface area contributed by atoms with Crippen LogP contribution in [0.5, 0.6) is 0 Å². The highest BCUT2D eigenvalue weighted by Gasteiger charge is 2.55. The molecule has 0 radical (unpaired) electrons. The lowest BCUT2D eigenvalue weighted by Crippen LogP contribution is -2.63. The van der Waals surface area contributed by atoms with Gasteiger partial charge in [-0.15, -0.1) is 0 Å². The smallest absolute Gasteiger partial charge is 0.124 e. The molecule has 0 bridgehead atoms. The van der Waals surface area contributed by atoms with Gasteiger partial charge in [-0.1, -0.05) is 52.0 Å². The normalized spacial score (nSPS) is 25.5. The molecule has 2 aliphatic rings. The second kappa shape index (κ2) is 7.88. The average Bonchev–Trinajstić information content (AvgIpc) is 3.15. The molecule has 168 valence electrons. The first-order chi connectivity index (χ1) is 14.6. The molecule has 2 aliphatic heterocycles. The van der Waals surface area contributed by atoms with Crippen molar-refractivity contribution in [3.8, 4) is 0 Å². The van der Waals surface area contributed by atoms with Gasteiger partial charge in [0.15, 0.2) is 0 Å². The zero-order chi connectivity index (χ0) is 22.4. The number of anilines is 1. The summed E-state index contributed by atoms with van der Waals surface area (Å²) in [6.07, 6.45) is 4.66. The number of aliphatic hydroxyl groups excluding tert-OH is 1. The maximum atomic E-state index is 12.4. The SMILES string of the molecule is CC(C)c1ccc([C@](O)(c2cncc(N3CC[C@@](C)(CO)C3)c2)C2(C)CN(C)C2)cc1. The third-order valence-electron chi connectivity index (χ3n) is 7.55. The highest BCUT2D eigenvalue weighted by atomic mass is 16.3. The number of likely N-dealkylation sites (tertiary alicyclic amines) is 1. The Kier molecular flexibility index (Phi) is 5.65. The van der Waals surface area contributed by atoms with E-state index in [0.29, 0.717) is 5.92 Å². The van der Waals surface area contributed by atoms with Crippen molar-refractivity contribution in [2.45, 2.75) is 45.6 Å². The summed E-state index contributed by atoms with van der Waals surface area (Å²) < 4.78 is 0. The maximum Gasteiger partial charge on any atom is 0.124 e. The van der Waals surface area contributed by atoms with Crippen molar-refractivity contribution < 1.29 is 10.2 Å². The van der Waals surface area contributed by atoms with E-state index in [1.165, 1.54) is 5.56 Å². The van der Waals surface area contributed by atoms with Crippen molar-refractivity contribution in [2.75, 3.05) is 44.7 Å². The third kappa shape index (κ3) is 3.77. The van der Waals surface area contributed by atoms with Gasteiger partial charge in [0.25, 0.3) is 0 Å². The first-order valence-corrected chi connectivity index (χ1v) is 11.4. The third-order valence-corrected chi connectivity index (χ3v) is 7.55. The summed E-state index contributed by atoms with van der Waals surface area (Å²) in [5.74, 6) is 0.452. The van der Waals surface area contributed by atoms with Crippen LogP contribution >= 0.6 is 0 Å². The molecule has 2 atom stereocenters. The van der Waals surface area contributed by atoms with Crippen LogP contribution in [0.15, 0.2) is 42.7 Å². The van der Waals surface area contributed by atoms with Gasteiger partial charge >= 0.3 is 0 Å². The number of rotatable bonds is 6. The van der Waals surface area contributed by atoms with Crippen molar-refractivity contribution in [2.24, 2.45) is 10.8 Å². The van der Waals surface area contributed by atoms with Crippen molar-refractivity contribution in [3.63, 3.8) is 0 Å². The highest BCUT2D eigenvalue weighted by molar-refractivity contribution is 5.52. The molecule has 0 aliphatic carbocycles. The van der Waals surface area contributed by atoms with Gasteiger partial charge in [0.1, 0.15) is 5.60 Å². The van der Waals surface area contributed by atoms with Gasteiger partial charge in [0.05, 0.1) is 18.5 Å². The summed E-state index contributed by atoms with van der Waals surface area (Å²) >= 11 is 0. The van der Waals surface area contributed by atoms with Crippen molar-refractivity contribution in [3.05, 3.63) is 59.4 Å². The minimum atomic E-state index is -1.13. The predicted molar refractivity (Wildman–Crippen MR) is 125 cm³/mol. The Labute approximate surface area is 186 Å². The molecular weight excluding hydrogens is 386 g/mol. The van der Waals surface area contributed by atoms with Crippen LogP contribution in [0, 0.1) is 10.8 Å². The Balaban J connectivity index is 1.75. The molecule has 0 unspecified atom stereocenters. The molecule has 3 heterocycles. The number of aliphatic hydroxyl groups is 2. The number of nitrogens with zero attached hydrogens (tertiary/aromatic N) is 3. The quantitative estimate of drug-likeness (QED) is 0.743. The second-order valence-electron chi connectivity index (χ2n) is 10.8. The number of hydrogen-bond acceptors (Lipinski definition) is 5. The van der Waals surface area contributed by atoms with Crippen molar-refractivity contribution in [1.82, 2.24) is 9.88 Å². The van der Waals surface area contributed by atoms with E-state index in [2.05, 4.69) is 79.9 Å². The first kappa shape index (κ1) is 22.3. The Morgan fingerprint density at radius 2 is 1.74 bits per heavy atom. The molecule has 0 spiro atoms. The molecule has 31 heavy (non-hydrogen) atoms. The maximum absolute atomic E-state index is 12.4. The molecule has 1 aromatic heterocycles. The number of pyridine rings is 1. The minimum absolute atomic E-state index is 0.0817. The largest absolute Gasteiger partial charge is 0.396 e. The van der Waals surface area contributed by atoms with Crippen LogP contribution in [-0.2, 0) is 5.60 Å². The van der Waals surface area contributed by atoms with Gasteiger partial charge in [0.2, 0.25) is 0 Å². The predicted octanol–water partition coefficient (Wildman–Crippen LogP) is 3.60. The van der Waals surface area contributed by atoms with E-state index in [4.69, 9.17) is 0 Å². The van der Waals surface area contributed by atoms with Crippen LogP contribution in [0.3, 0.4) is 0 Å². The summed E-state index contributed by atoms with van der Waals surface area (Å²) in [4.78, 5) is 9.08. The molecule has 2 N–H and O–H groups in total. The highest BCUT2D eigenvalue weighted by Crippen LogP contribution is 2.50. The van der Waals surface area contributed by atoms with E-state index in [-0.39, 0.29) is 17.4 Å². The number of benzene rings is 1. The second-order valence-corrected chi connectivity index (χ2v) is 10.8. The first-order valence-electron chi connectivity index (χ1n) is 11.4. The van der Waals surface area contributed by atoms with E-state index < -0.39 is 5.60 Å². The Morgan fingerprint density at radius 1 is 1.06 bits per heavy atom. The standard InChI is InChI=1S/C26H37N3O2/c1-19(2)20-6-8-21(9-7-20)26(31,25(4)16-28(5)17-25)22-12-23(14-27-13-22)29-11-10-24(3,15-29)18-30/h6-9,12-14,19,30-31H,10-11,15-18H2,1-5H3/t24-,26+/m1/s1. The molecule has 2 aromatic rings. The minimum Gasteiger partial charge on any atom is -0.396 e. The topological polar surface area (TPSA) is 59.8 Å². The fraction of sp³-hybridized carbons (Fsp3) is 0.577. The molecule has 0 saturated carbocycles. The summed E-state index contributed by atoms with van der Waals surface area (Å²) in [7, 11) is 2.10. The Morgan fingerprint density at radius 3 is 2.29 bits per heavy atom. The van der Waals surface area contributed by atoms with Gasteiger partial charge in [-0.3, -0.25) is 4.98 Å². The lowest BCUT2D eigenvalue weighted by molar-refractivity contribution is -0.127. The molecular formula is C26H37N3O2. The molecule has 2 saturated heterocycles. The van der Waals surface area contributed by atoms with Crippen LogP contribution in [0.25, 0.3) is 0 Å². The summed E-state index contributed by atoms with van der Waals surface area (Å²) in [6, 6.07) is 10.6. The van der Waals surface area contributed by atoms with Crippen LogP contribution in [0.4, 0.5) is 5.69 Å². The molecule has 0 amide bonds. The average molecular weight is 424 g/mol. The van der Waals surface area contributed by atoms with Crippen molar-refractivity contribution >= 4 is 5.69 Å². The van der Waals surface area contributed by atoms with Gasteiger partial charge < -0.3 is 20.0 Å². The zero-order valence-corrected chi connectivity index (χ0v) is 19.6. The summed E-state index contributed by atoms with van der Waals surface area (Å²) in [5.41, 5.74) is 2.55. The molecule has 5 heteroatoms. The fourth-order valence-electron chi connectivity index (χ4n) is 5.52. The van der Waals surface area contributed by atoms with Crippen molar-refractivity contribution in [1.29, 1.82) is 0 Å². The van der Waals surface area contributed by atoms with E-state index in [9.17, 15) is 10.2 Å². The monoisotopic (exact) mass is 423 g/mol. The molecule has 4 rings (SSSR count). The lowest BCUT2D eigenvalue weighted by Gasteiger charge is -2.56. The molecule has 1 aromatic carbocycles. The number of aromatic nitrogens is 1. The van der Waals surface area contributed by atoms with Gasteiger partial charge in [0, 0.05) is 48.8 Å². The van der Waals surface area contributed by atoms with E-state index in [1.807, 2.05) is 12.4 Å². The van der Waals surface area contributed by atoms with Gasteiger partial charge in [-0.2, -0.15) is 0 Å². The fourth-order valence-corrected chi connectivity index (χ4v) is 5.52. The molecule has 5 nitrogen and oxygen atoms in total. The van der Waals surface area contributed by atoms with Crippen LogP contribution in [-0.4, -0.2) is 59.9 Å². The number of hydrogen-bond donors (Lipinski definition) is 2. The Hall–Kier alpha value is -1.95. The lowest BCUT2D eigenvalue weighted by atomic mass is 9.62. The Bertz CT molecular complexity index is 923. The summed E-state index contributed by atoms with van der Waals surface area (Å²) in [6.45, 7) is 12.2. The molecule has 2 fully saturated rings. The van der Waals surface area contributed by atoms with Crippen LogP contribution in [0.1, 0.15) is 56.7 Å². The van der Waals surface area contributed by atoms with Gasteiger partial charge in [-0.25, -0.2) is 0 Å². The zero-order valence-electron chi connectivity index (χ0n) is 19.6.